The fourth-order valence-corrected chi connectivity index (χ4v) is 7.78. The second-order valence-corrected chi connectivity index (χ2v) is 12.2. The van der Waals surface area contributed by atoms with Crippen molar-refractivity contribution >= 4 is 33.7 Å². The molecule has 2 bridgehead atoms. The highest BCUT2D eigenvalue weighted by Crippen LogP contribution is 2.61. The van der Waals surface area contributed by atoms with Gasteiger partial charge in [0, 0.05) is 17.4 Å². The molecule has 1 N–H and O–H groups in total. The molecule has 3 heterocycles. The van der Waals surface area contributed by atoms with Crippen LogP contribution in [-0.2, 0) is 23.9 Å². The van der Waals surface area contributed by atoms with Crippen molar-refractivity contribution in [3.63, 3.8) is 0 Å². The Labute approximate surface area is 245 Å². The van der Waals surface area contributed by atoms with E-state index in [0.717, 1.165) is 12.8 Å². The van der Waals surface area contributed by atoms with Gasteiger partial charge in [-0.25, -0.2) is 0 Å². The molecular weight excluding hydrogens is 576 g/mol. The molecule has 8 nitrogen and oxygen atoms in total. The number of carbonyl (C=O) groups excluding carboxylic acids is 3. The fraction of sp³-hybridized carbons (Fsp3) is 0.581. The van der Waals surface area contributed by atoms with E-state index in [1.165, 1.54) is 4.90 Å². The first-order valence-corrected chi connectivity index (χ1v) is 15.2. The first kappa shape index (κ1) is 30.5. The summed E-state index contributed by atoms with van der Waals surface area (Å²) in [6.07, 6.45) is 6.25. The lowest BCUT2D eigenvalue weighted by atomic mass is 9.70. The number of unbranched alkanes of at least 4 members (excludes halogenated alkanes) is 1. The van der Waals surface area contributed by atoms with Gasteiger partial charge in [0.25, 0.3) is 0 Å². The summed E-state index contributed by atoms with van der Waals surface area (Å²) in [4.78, 5) is 45.5. The molecule has 0 aliphatic carbocycles. The Bertz CT molecular complexity index is 1100. The van der Waals surface area contributed by atoms with Gasteiger partial charge in [-0.2, -0.15) is 0 Å². The average molecular weight is 618 g/mol. The summed E-state index contributed by atoms with van der Waals surface area (Å²) in [5.41, 5.74) is -0.524. The smallest absolute Gasteiger partial charge is 0.312 e. The number of aliphatic hydroxyl groups is 1. The van der Waals surface area contributed by atoms with Crippen LogP contribution in [0.15, 0.2) is 55.6 Å². The van der Waals surface area contributed by atoms with E-state index in [9.17, 15) is 19.5 Å². The minimum absolute atomic E-state index is 0.101. The Morgan fingerprint density at radius 3 is 2.65 bits per heavy atom. The van der Waals surface area contributed by atoms with Crippen LogP contribution in [0.4, 0.5) is 0 Å². The number of hydrogen-bond donors (Lipinski definition) is 1. The Balaban J connectivity index is 1.80. The third-order valence-corrected chi connectivity index (χ3v) is 9.42. The van der Waals surface area contributed by atoms with Crippen LogP contribution in [0.5, 0.6) is 0 Å². The Morgan fingerprint density at radius 2 is 2.02 bits per heavy atom. The largest absolute Gasteiger partial charge is 0.465 e. The number of carbonyl (C=O) groups is 3. The van der Waals surface area contributed by atoms with Crippen LogP contribution < -0.4 is 0 Å². The maximum atomic E-state index is 14.6. The van der Waals surface area contributed by atoms with Gasteiger partial charge < -0.3 is 24.4 Å². The molecule has 0 radical (unpaired) electrons. The standard InChI is InChI=1S/C31H41BrN2O6/c1-5-8-12-17-39-30(38)24-25-28(36)34(23(19-35)21-14-10-9-11-15-21)27(31(25)18-22(32)26(24)40-31)29(37)33(16-7-3)20(4)13-6-2/h5,7,9-11,14-15,20,22-27,35H,1,3,6,8,12-13,16-19H2,2,4H3/t20?,22?,23-,24-,25+,26-,27?,31?/m1/s1. The summed E-state index contributed by atoms with van der Waals surface area (Å²) in [7, 11) is 0. The number of ether oxygens (including phenoxy) is 2. The first-order valence-electron chi connectivity index (χ1n) is 14.3. The van der Waals surface area contributed by atoms with Crippen LogP contribution in [0.1, 0.15) is 57.6 Å². The molecule has 3 saturated heterocycles. The zero-order chi connectivity index (χ0) is 29.0. The summed E-state index contributed by atoms with van der Waals surface area (Å²) < 4.78 is 12.2. The number of esters is 1. The number of amides is 2. The maximum absolute atomic E-state index is 14.6. The second-order valence-electron chi connectivity index (χ2n) is 11.0. The molecule has 1 aromatic carbocycles. The highest BCUT2D eigenvalue weighted by atomic mass is 79.9. The first-order chi connectivity index (χ1) is 19.3. The van der Waals surface area contributed by atoms with Crippen molar-refractivity contribution in [2.75, 3.05) is 19.8 Å². The number of hydrogen-bond acceptors (Lipinski definition) is 6. The lowest BCUT2D eigenvalue weighted by Gasteiger charge is -2.41. The highest BCUT2D eigenvalue weighted by Gasteiger charge is 2.77. The lowest BCUT2D eigenvalue weighted by molar-refractivity contribution is -0.157. The normalized spacial score (nSPS) is 30.1. The predicted octanol–water partition coefficient (Wildman–Crippen LogP) is 4.18. The third-order valence-electron chi connectivity index (χ3n) is 8.57. The van der Waals surface area contributed by atoms with E-state index < -0.39 is 41.6 Å². The van der Waals surface area contributed by atoms with Crippen molar-refractivity contribution in [3.8, 4) is 0 Å². The van der Waals surface area contributed by atoms with Gasteiger partial charge in [-0.3, -0.25) is 14.4 Å². The van der Waals surface area contributed by atoms with Crippen molar-refractivity contribution in [2.45, 2.75) is 80.6 Å². The van der Waals surface area contributed by atoms with Crippen LogP contribution in [0.3, 0.4) is 0 Å². The van der Waals surface area contributed by atoms with Gasteiger partial charge in [0.2, 0.25) is 11.8 Å². The molecule has 1 spiro atoms. The average Bonchev–Trinajstić information content (AvgIpc) is 3.54. The SMILES string of the molecule is C=CCCCOC(=O)[C@H]1[C@@H]2OC3(CC2Br)C(C(=O)N(CC=C)C(C)CCC)N([C@H](CO)c2ccccc2)C(=O)[C@H]13. The number of aliphatic hydroxyl groups excluding tert-OH is 1. The molecule has 218 valence electrons. The van der Waals surface area contributed by atoms with Gasteiger partial charge in [-0.05, 0) is 38.2 Å². The van der Waals surface area contributed by atoms with Gasteiger partial charge in [0.1, 0.15) is 11.6 Å². The van der Waals surface area contributed by atoms with Crippen molar-refractivity contribution < 1.29 is 29.0 Å². The number of halogens is 1. The molecule has 1 aromatic rings. The summed E-state index contributed by atoms with van der Waals surface area (Å²) in [5.74, 6) is -2.86. The monoisotopic (exact) mass is 616 g/mol. The van der Waals surface area contributed by atoms with E-state index in [1.807, 2.05) is 37.3 Å². The number of likely N-dealkylation sites (tertiary alicyclic amines) is 1. The molecule has 4 rings (SSSR count). The lowest BCUT2D eigenvalue weighted by Crippen LogP contribution is -2.58. The molecular formula is C31H41BrN2O6. The molecule has 4 unspecified atom stereocenters. The Hall–Kier alpha value is -2.49. The Morgan fingerprint density at radius 1 is 1.30 bits per heavy atom. The quantitative estimate of drug-likeness (QED) is 0.146. The molecule has 8 atom stereocenters. The zero-order valence-corrected chi connectivity index (χ0v) is 25.0. The predicted molar refractivity (Wildman–Crippen MR) is 155 cm³/mol. The topological polar surface area (TPSA) is 96.4 Å². The molecule has 40 heavy (non-hydrogen) atoms. The van der Waals surface area contributed by atoms with Crippen molar-refractivity contribution in [1.29, 1.82) is 0 Å². The molecule has 3 fully saturated rings. The molecule has 2 amide bonds. The van der Waals surface area contributed by atoms with Gasteiger partial charge in [-0.1, -0.05) is 71.8 Å². The van der Waals surface area contributed by atoms with Crippen LogP contribution in [0.25, 0.3) is 0 Å². The third kappa shape index (κ3) is 5.28. The molecule has 3 aliphatic heterocycles. The highest BCUT2D eigenvalue weighted by molar-refractivity contribution is 9.09. The molecule has 3 aliphatic rings. The maximum Gasteiger partial charge on any atom is 0.312 e. The van der Waals surface area contributed by atoms with E-state index in [2.05, 4.69) is 36.0 Å². The zero-order valence-electron chi connectivity index (χ0n) is 23.4. The minimum atomic E-state index is -1.23. The number of allylic oxidation sites excluding steroid dienone is 1. The van der Waals surface area contributed by atoms with Crippen molar-refractivity contribution in [2.24, 2.45) is 11.8 Å². The second kappa shape index (κ2) is 13.0. The van der Waals surface area contributed by atoms with Crippen LogP contribution in [0.2, 0.25) is 0 Å². The number of fused-ring (bicyclic) bond motifs is 1. The molecule has 0 saturated carbocycles. The van der Waals surface area contributed by atoms with Crippen LogP contribution in [-0.4, -0.2) is 81.1 Å². The van der Waals surface area contributed by atoms with E-state index in [4.69, 9.17) is 9.47 Å². The summed E-state index contributed by atoms with van der Waals surface area (Å²) in [6, 6.07) is 7.29. The number of benzene rings is 1. The van der Waals surface area contributed by atoms with Crippen LogP contribution >= 0.6 is 15.9 Å². The molecule has 9 heteroatoms. The number of rotatable bonds is 14. The van der Waals surface area contributed by atoms with Gasteiger partial charge in [0.15, 0.2) is 0 Å². The van der Waals surface area contributed by atoms with Crippen molar-refractivity contribution in [1.82, 2.24) is 9.80 Å². The number of nitrogens with zero attached hydrogens (tertiary/aromatic N) is 2. The van der Waals surface area contributed by atoms with Crippen molar-refractivity contribution in [3.05, 3.63) is 61.2 Å². The molecule has 0 aromatic heterocycles. The summed E-state index contributed by atoms with van der Waals surface area (Å²) in [5, 5.41) is 10.6. The number of alkyl halides is 1. The minimum Gasteiger partial charge on any atom is -0.465 e. The van der Waals surface area contributed by atoms with E-state index >= 15 is 0 Å². The van der Waals surface area contributed by atoms with E-state index in [0.29, 0.717) is 31.4 Å². The van der Waals surface area contributed by atoms with Gasteiger partial charge in [0.05, 0.1) is 37.2 Å². The van der Waals surface area contributed by atoms with Crippen LogP contribution in [0, 0.1) is 11.8 Å². The summed E-state index contributed by atoms with van der Waals surface area (Å²) in [6.45, 7) is 11.8. The van der Waals surface area contributed by atoms with E-state index in [-0.39, 0.29) is 35.9 Å². The van der Waals surface area contributed by atoms with Gasteiger partial charge in [-0.15, -0.1) is 13.2 Å². The fourth-order valence-electron chi connectivity index (χ4n) is 6.83. The van der Waals surface area contributed by atoms with E-state index in [1.54, 1.807) is 17.1 Å². The van der Waals surface area contributed by atoms with Gasteiger partial charge >= 0.3 is 5.97 Å². The Kier molecular flexibility index (Phi) is 9.90. The summed E-state index contributed by atoms with van der Waals surface area (Å²) >= 11 is 3.70.